The Morgan fingerprint density at radius 2 is 2.31 bits per heavy atom. The molecule has 1 saturated carbocycles. The molecule has 0 aromatic heterocycles. The van der Waals surface area contributed by atoms with Gasteiger partial charge in [-0.1, -0.05) is 6.42 Å². The molecule has 92 valence electrons. The molecule has 1 heterocycles. The van der Waals surface area contributed by atoms with Crippen LogP contribution in [0.5, 0.6) is 0 Å². The Labute approximate surface area is 102 Å². The van der Waals surface area contributed by atoms with Crippen LogP contribution < -0.4 is 10.6 Å². The van der Waals surface area contributed by atoms with Crippen molar-refractivity contribution in [1.29, 1.82) is 0 Å². The summed E-state index contributed by atoms with van der Waals surface area (Å²) in [4.78, 5) is 11.1. The van der Waals surface area contributed by atoms with Gasteiger partial charge in [0.25, 0.3) is 0 Å². The minimum Gasteiger partial charge on any atom is -0.352 e. The van der Waals surface area contributed by atoms with E-state index >= 15 is 0 Å². The van der Waals surface area contributed by atoms with Crippen molar-refractivity contribution < 1.29 is 4.79 Å². The second-order valence-electron chi connectivity index (χ2n) is 4.93. The third-order valence-corrected chi connectivity index (χ3v) is 4.79. The fraction of sp³-hybridized carbons (Fsp3) is 0.917. The molecule has 3 atom stereocenters. The number of nitrogens with one attached hydrogen (secondary N) is 2. The molecule has 0 radical (unpaired) electrons. The second kappa shape index (κ2) is 5.92. The molecule has 1 saturated heterocycles. The van der Waals surface area contributed by atoms with Crippen LogP contribution in [0.15, 0.2) is 0 Å². The lowest BCUT2D eigenvalue weighted by Gasteiger charge is -2.29. The lowest BCUT2D eigenvalue weighted by atomic mass is 9.95. The first-order valence-corrected chi connectivity index (χ1v) is 7.62. The highest BCUT2D eigenvalue weighted by Crippen LogP contribution is 2.26. The predicted molar refractivity (Wildman–Crippen MR) is 68.7 cm³/mol. The van der Waals surface area contributed by atoms with Crippen molar-refractivity contribution in [2.24, 2.45) is 0 Å². The van der Waals surface area contributed by atoms with E-state index in [1.165, 1.54) is 25.7 Å². The van der Waals surface area contributed by atoms with Gasteiger partial charge in [-0.15, -0.1) is 0 Å². The Balaban J connectivity index is 1.67. The summed E-state index contributed by atoms with van der Waals surface area (Å²) in [6.07, 6.45) is 9.25. The Morgan fingerprint density at radius 1 is 1.44 bits per heavy atom. The molecule has 4 heteroatoms. The van der Waals surface area contributed by atoms with Gasteiger partial charge in [0.1, 0.15) is 0 Å². The topological polar surface area (TPSA) is 41.1 Å². The molecule has 1 aliphatic heterocycles. The van der Waals surface area contributed by atoms with Crippen LogP contribution in [-0.2, 0) is 4.79 Å². The lowest BCUT2D eigenvalue weighted by Crippen LogP contribution is -2.42. The van der Waals surface area contributed by atoms with E-state index in [1.807, 2.05) is 11.8 Å². The third kappa shape index (κ3) is 3.39. The van der Waals surface area contributed by atoms with E-state index < -0.39 is 0 Å². The number of hydrogen-bond donors (Lipinski definition) is 2. The summed E-state index contributed by atoms with van der Waals surface area (Å²) in [5, 5.41) is 7.47. The van der Waals surface area contributed by atoms with Crippen LogP contribution in [0, 0.1) is 0 Å². The van der Waals surface area contributed by atoms with Gasteiger partial charge in [0.2, 0.25) is 5.91 Å². The average molecular weight is 242 g/mol. The molecule has 1 amide bonds. The maximum Gasteiger partial charge on any atom is 0.220 e. The fourth-order valence-electron chi connectivity index (χ4n) is 2.68. The minimum atomic E-state index is 0.220. The fourth-order valence-corrected chi connectivity index (χ4v) is 3.51. The van der Waals surface area contributed by atoms with Crippen LogP contribution >= 0.6 is 11.8 Å². The first-order chi connectivity index (χ1) is 7.78. The summed E-state index contributed by atoms with van der Waals surface area (Å²) in [5.41, 5.74) is 0. The molecule has 2 fully saturated rings. The number of carbonyl (C=O) groups excluding carboxylic acids is 1. The normalized spacial score (nSPS) is 35.1. The molecule has 0 aromatic carbocycles. The van der Waals surface area contributed by atoms with E-state index in [0.29, 0.717) is 18.5 Å². The minimum absolute atomic E-state index is 0.220. The van der Waals surface area contributed by atoms with Gasteiger partial charge in [0, 0.05) is 30.3 Å². The van der Waals surface area contributed by atoms with E-state index in [-0.39, 0.29) is 5.91 Å². The van der Waals surface area contributed by atoms with Crippen molar-refractivity contribution in [3.8, 4) is 0 Å². The highest BCUT2D eigenvalue weighted by molar-refractivity contribution is 7.99. The Kier molecular flexibility index (Phi) is 4.53. The summed E-state index contributed by atoms with van der Waals surface area (Å²) < 4.78 is 0. The smallest absolute Gasteiger partial charge is 0.220 e. The van der Waals surface area contributed by atoms with Crippen molar-refractivity contribution in [2.75, 3.05) is 12.8 Å². The number of carbonyl (C=O) groups is 1. The summed E-state index contributed by atoms with van der Waals surface area (Å²) in [5.74, 6) is 0.220. The van der Waals surface area contributed by atoms with Gasteiger partial charge in [-0.25, -0.2) is 0 Å². The van der Waals surface area contributed by atoms with E-state index in [9.17, 15) is 4.79 Å². The van der Waals surface area contributed by atoms with Crippen LogP contribution in [0.2, 0.25) is 0 Å². The van der Waals surface area contributed by atoms with Crippen molar-refractivity contribution in [2.45, 2.75) is 55.9 Å². The summed E-state index contributed by atoms with van der Waals surface area (Å²) in [6, 6.07) is 1.05. The zero-order chi connectivity index (χ0) is 11.4. The number of amides is 1. The third-order valence-electron chi connectivity index (χ3n) is 3.70. The SMILES string of the molecule is CSC1CCCC(NCC2CCC(=O)N2)C1. The van der Waals surface area contributed by atoms with Gasteiger partial charge < -0.3 is 10.6 Å². The number of thioether (sulfide) groups is 1. The summed E-state index contributed by atoms with van der Waals surface area (Å²) >= 11 is 2.00. The van der Waals surface area contributed by atoms with Crippen molar-refractivity contribution in [3.05, 3.63) is 0 Å². The van der Waals surface area contributed by atoms with Crippen LogP contribution in [0.1, 0.15) is 38.5 Å². The van der Waals surface area contributed by atoms with Crippen LogP contribution in [0.3, 0.4) is 0 Å². The Bertz CT molecular complexity index is 247. The molecular formula is C12H22N2OS. The molecule has 0 bridgehead atoms. The Hall–Kier alpha value is -0.220. The van der Waals surface area contributed by atoms with Crippen LogP contribution in [-0.4, -0.2) is 36.0 Å². The standard InChI is InChI=1S/C12H22N2OS/c1-16-11-4-2-3-9(7-11)13-8-10-5-6-12(15)14-10/h9-11,13H,2-8H2,1H3,(H,14,15). The molecule has 3 nitrogen and oxygen atoms in total. The van der Waals surface area contributed by atoms with E-state index in [1.54, 1.807) is 0 Å². The second-order valence-corrected chi connectivity index (χ2v) is 6.07. The summed E-state index contributed by atoms with van der Waals surface area (Å²) in [6.45, 7) is 0.956. The van der Waals surface area contributed by atoms with Crippen molar-refractivity contribution >= 4 is 17.7 Å². The zero-order valence-electron chi connectivity index (χ0n) is 10.00. The molecule has 0 spiro atoms. The van der Waals surface area contributed by atoms with E-state index in [2.05, 4.69) is 16.9 Å². The maximum absolute atomic E-state index is 11.1. The maximum atomic E-state index is 11.1. The largest absolute Gasteiger partial charge is 0.352 e. The molecular weight excluding hydrogens is 220 g/mol. The Morgan fingerprint density at radius 3 is 3.00 bits per heavy atom. The highest BCUT2D eigenvalue weighted by Gasteiger charge is 2.24. The van der Waals surface area contributed by atoms with Gasteiger partial charge in [0.15, 0.2) is 0 Å². The van der Waals surface area contributed by atoms with Gasteiger partial charge in [-0.2, -0.15) is 11.8 Å². The number of hydrogen-bond acceptors (Lipinski definition) is 3. The molecule has 3 unspecified atom stereocenters. The first kappa shape index (κ1) is 12.2. The van der Waals surface area contributed by atoms with Crippen molar-refractivity contribution in [1.82, 2.24) is 10.6 Å². The van der Waals surface area contributed by atoms with Gasteiger partial charge in [-0.3, -0.25) is 4.79 Å². The quantitative estimate of drug-likeness (QED) is 0.785. The van der Waals surface area contributed by atoms with Crippen molar-refractivity contribution in [3.63, 3.8) is 0 Å². The molecule has 16 heavy (non-hydrogen) atoms. The molecule has 2 N–H and O–H groups in total. The van der Waals surface area contributed by atoms with Gasteiger partial charge >= 0.3 is 0 Å². The van der Waals surface area contributed by atoms with Gasteiger partial charge in [-0.05, 0) is 31.9 Å². The monoisotopic (exact) mass is 242 g/mol. The molecule has 2 rings (SSSR count). The number of rotatable bonds is 4. The molecule has 0 aromatic rings. The van der Waals surface area contributed by atoms with Crippen LogP contribution in [0.4, 0.5) is 0 Å². The van der Waals surface area contributed by atoms with Crippen LogP contribution in [0.25, 0.3) is 0 Å². The first-order valence-electron chi connectivity index (χ1n) is 6.33. The van der Waals surface area contributed by atoms with E-state index in [0.717, 1.165) is 18.2 Å². The average Bonchev–Trinajstić information content (AvgIpc) is 2.73. The van der Waals surface area contributed by atoms with E-state index in [4.69, 9.17) is 0 Å². The predicted octanol–water partition coefficient (Wildman–Crippen LogP) is 1.53. The zero-order valence-corrected chi connectivity index (χ0v) is 10.8. The lowest BCUT2D eigenvalue weighted by molar-refractivity contribution is -0.119. The van der Waals surface area contributed by atoms with Gasteiger partial charge in [0.05, 0.1) is 0 Å². The molecule has 1 aliphatic carbocycles. The molecule has 2 aliphatic rings. The summed E-state index contributed by atoms with van der Waals surface area (Å²) in [7, 11) is 0. The highest BCUT2D eigenvalue weighted by atomic mass is 32.2.